The third-order valence-electron chi connectivity index (χ3n) is 4.28. The van der Waals surface area contributed by atoms with E-state index in [1.165, 1.54) is 25.3 Å². The van der Waals surface area contributed by atoms with Gasteiger partial charge in [0, 0.05) is 18.9 Å². The average molecular weight is 446 g/mol. The average Bonchev–Trinajstić information content (AvgIpc) is 2.77. The maximum Gasteiger partial charge on any atom is 0.239 e. The molecule has 2 aromatic carbocycles. The molecule has 0 unspecified atom stereocenters. The predicted octanol–water partition coefficient (Wildman–Crippen LogP) is 3.30. The lowest BCUT2D eigenvalue weighted by Crippen LogP contribution is -2.29. The number of halogens is 1. The summed E-state index contributed by atoms with van der Waals surface area (Å²) in [6.07, 6.45) is 3.28. The summed E-state index contributed by atoms with van der Waals surface area (Å²) in [7, 11) is -2.55. The Kier molecular flexibility index (Phi) is 6.91. The standard InChI is InChI=1S/C21H20ClN3O4S/c1-29-18-8-7-17(24-14-19(26)25-13-15-9-11-23-12-10-15)21(20(18)22)30(27,28)16-5-3-2-4-6-16/h2-12,24H,13-14H2,1H3,(H,25,26). The van der Waals surface area contributed by atoms with Crippen molar-refractivity contribution in [3.8, 4) is 5.75 Å². The van der Waals surface area contributed by atoms with Gasteiger partial charge in [-0.2, -0.15) is 0 Å². The summed E-state index contributed by atoms with van der Waals surface area (Å²) in [5, 5.41) is 5.58. The van der Waals surface area contributed by atoms with Crippen LogP contribution in [0.15, 0.2) is 76.8 Å². The van der Waals surface area contributed by atoms with Crippen molar-refractivity contribution in [2.75, 3.05) is 19.0 Å². The summed E-state index contributed by atoms with van der Waals surface area (Å²) in [5.41, 5.74) is 1.11. The summed E-state index contributed by atoms with van der Waals surface area (Å²) in [6, 6.07) is 14.6. The number of benzene rings is 2. The van der Waals surface area contributed by atoms with Crippen LogP contribution in [0.1, 0.15) is 5.56 Å². The van der Waals surface area contributed by atoms with Gasteiger partial charge in [-0.15, -0.1) is 0 Å². The van der Waals surface area contributed by atoms with Crippen LogP contribution in [0.25, 0.3) is 0 Å². The first-order valence-electron chi connectivity index (χ1n) is 8.99. The molecule has 7 nitrogen and oxygen atoms in total. The molecular formula is C21H20ClN3O4S. The number of nitrogens with one attached hydrogen (secondary N) is 2. The number of amides is 1. The quantitative estimate of drug-likeness (QED) is 0.552. The highest BCUT2D eigenvalue weighted by molar-refractivity contribution is 7.91. The Balaban J connectivity index is 1.83. The molecule has 0 saturated carbocycles. The minimum atomic E-state index is -3.95. The molecule has 1 amide bonds. The molecule has 156 valence electrons. The number of carbonyl (C=O) groups excluding carboxylic acids is 1. The zero-order valence-corrected chi connectivity index (χ0v) is 17.7. The molecule has 0 aliphatic heterocycles. The van der Waals surface area contributed by atoms with Crippen molar-refractivity contribution in [1.29, 1.82) is 0 Å². The first kappa shape index (κ1) is 21.6. The van der Waals surface area contributed by atoms with Crippen LogP contribution in [0.3, 0.4) is 0 Å². The van der Waals surface area contributed by atoms with E-state index in [2.05, 4.69) is 15.6 Å². The Morgan fingerprint density at radius 2 is 1.77 bits per heavy atom. The van der Waals surface area contributed by atoms with Crippen LogP contribution in [0.4, 0.5) is 5.69 Å². The maximum absolute atomic E-state index is 13.2. The molecule has 0 atom stereocenters. The third kappa shape index (κ3) is 4.90. The number of pyridine rings is 1. The molecule has 3 aromatic rings. The fourth-order valence-electron chi connectivity index (χ4n) is 2.75. The molecule has 0 aliphatic carbocycles. The summed E-state index contributed by atoms with van der Waals surface area (Å²) in [6.45, 7) is 0.201. The number of sulfone groups is 1. The van der Waals surface area contributed by atoms with Crippen LogP contribution in [-0.2, 0) is 21.2 Å². The minimum absolute atomic E-state index is 0.0523. The highest BCUT2D eigenvalue weighted by atomic mass is 35.5. The van der Waals surface area contributed by atoms with Gasteiger partial charge in [0.15, 0.2) is 0 Å². The van der Waals surface area contributed by atoms with Gasteiger partial charge in [-0.3, -0.25) is 9.78 Å². The number of rotatable bonds is 8. The lowest BCUT2D eigenvalue weighted by molar-refractivity contribution is -0.119. The van der Waals surface area contributed by atoms with Gasteiger partial charge < -0.3 is 15.4 Å². The number of methoxy groups -OCH3 is 1. The van der Waals surface area contributed by atoms with E-state index in [1.54, 1.807) is 48.8 Å². The van der Waals surface area contributed by atoms with Crippen LogP contribution in [0, 0.1) is 0 Å². The number of hydrogen-bond acceptors (Lipinski definition) is 6. The van der Waals surface area contributed by atoms with Gasteiger partial charge in [0.1, 0.15) is 15.7 Å². The Labute approximate surface area is 180 Å². The van der Waals surface area contributed by atoms with Crippen LogP contribution < -0.4 is 15.4 Å². The Morgan fingerprint density at radius 1 is 1.07 bits per heavy atom. The molecule has 30 heavy (non-hydrogen) atoms. The van der Waals surface area contributed by atoms with E-state index in [4.69, 9.17) is 16.3 Å². The molecule has 0 bridgehead atoms. The van der Waals surface area contributed by atoms with Gasteiger partial charge in [0.05, 0.1) is 24.2 Å². The van der Waals surface area contributed by atoms with Crippen molar-refractivity contribution in [2.45, 2.75) is 16.3 Å². The lowest BCUT2D eigenvalue weighted by Gasteiger charge is -2.16. The number of carbonyl (C=O) groups is 1. The molecular weight excluding hydrogens is 426 g/mol. The lowest BCUT2D eigenvalue weighted by atomic mass is 10.2. The van der Waals surface area contributed by atoms with Crippen molar-refractivity contribution >= 4 is 33.0 Å². The van der Waals surface area contributed by atoms with Gasteiger partial charge in [-0.25, -0.2) is 8.42 Å². The van der Waals surface area contributed by atoms with Crippen LogP contribution in [0.2, 0.25) is 5.02 Å². The van der Waals surface area contributed by atoms with Crippen LogP contribution >= 0.6 is 11.6 Å². The Hall–Kier alpha value is -3.10. The monoisotopic (exact) mass is 445 g/mol. The molecule has 2 N–H and O–H groups in total. The second-order valence-electron chi connectivity index (χ2n) is 6.26. The van der Waals surface area contributed by atoms with Crippen LogP contribution in [0.5, 0.6) is 5.75 Å². The second-order valence-corrected chi connectivity index (χ2v) is 8.53. The zero-order valence-electron chi connectivity index (χ0n) is 16.1. The SMILES string of the molecule is COc1ccc(NCC(=O)NCc2ccncc2)c(S(=O)(=O)c2ccccc2)c1Cl. The molecule has 0 radical (unpaired) electrons. The van der Waals surface area contributed by atoms with Crippen molar-refractivity contribution in [3.63, 3.8) is 0 Å². The number of aromatic nitrogens is 1. The maximum atomic E-state index is 13.2. The number of anilines is 1. The van der Waals surface area contributed by atoms with Crippen molar-refractivity contribution in [3.05, 3.63) is 77.6 Å². The van der Waals surface area contributed by atoms with E-state index in [0.29, 0.717) is 6.54 Å². The highest BCUT2D eigenvalue weighted by Gasteiger charge is 2.27. The van der Waals surface area contributed by atoms with Gasteiger partial charge in [0.25, 0.3) is 0 Å². The van der Waals surface area contributed by atoms with Gasteiger partial charge in [0.2, 0.25) is 15.7 Å². The first-order valence-corrected chi connectivity index (χ1v) is 10.9. The molecule has 0 aliphatic rings. The number of hydrogen-bond donors (Lipinski definition) is 2. The van der Waals surface area contributed by atoms with Crippen molar-refractivity contribution in [1.82, 2.24) is 10.3 Å². The molecule has 3 rings (SSSR count). The van der Waals surface area contributed by atoms with Crippen LogP contribution in [-0.4, -0.2) is 33.0 Å². The molecule has 1 heterocycles. The number of nitrogens with zero attached hydrogens (tertiary/aromatic N) is 1. The fourth-order valence-corrected chi connectivity index (χ4v) is 4.82. The van der Waals surface area contributed by atoms with Gasteiger partial charge in [-0.1, -0.05) is 29.8 Å². The third-order valence-corrected chi connectivity index (χ3v) is 6.62. The first-order chi connectivity index (χ1) is 14.4. The summed E-state index contributed by atoms with van der Waals surface area (Å²) in [5.74, 6) is -0.0827. The summed E-state index contributed by atoms with van der Waals surface area (Å²) >= 11 is 6.35. The topological polar surface area (TPSA) is 97.4 Å². The zero-order chi connectivity index (χ0) is 21.6. The second kappa shape index (κ2) is 9.60. The Bertz CT molecular complexity index is 1120. The molecule has 0 spiro atoms. The minimum Gasteiger partial charge on any atom is -0.495 e. The largest absolute Gasteiger partial charge is 0.495 e. The summed E-state index contributed by atoms with van der Waals surface area (Å²) < 4.78 is 31.6. The van der Waals surface area contributed by atoms with E-state index >= 15 is 0 Å². The molecule has 0 fully saturated rings. The van der Waals surface area contributed by atoms with Gasteiger partial charge >= 0.3 is 0 Å². The fraction of sp³-hybridized carbons (Fsp3) is 0.143. The number of ether oxygens (including phenoxy) is 1. The predicted molar refractivity (Wildman–Crippen MR) is 114 cm³/mol. The van der Waals surface area contributed by atoms with E-state index in [-0.39, 0.29) is 38.7 Å². The molecule has 9 heteroatoms. The Morgan fingerprint density at radius 3 is 2.43 bits per heavy atom. The smallest absolute Gasteiger partial charge is 0.239 e. The van der Waals surface area contributed by atoms with E-state index in [0.717, 1.165) is 5.56 Å². The molecule has 1 aromatic heterocycles. The highest BCUT2D eigenvalue weighted by Crippen LogP contribution is 2.39. The summed E-state index contributed by atoms with van der Waals surface area (Å²) in [4.78, 5) is 16.1. The van der Waals surface area contributed by atoms with E-state index in [1.807, 2.05) is 0 Å². The molecule has 0 saturated heterocycles. The van der Waals surface area contributed by atoms with Crippen molar-refractivity contribution < 1.29 is 17.9 Å². The van der Waals surface area contributed by atoms with Gasteiger partial charge in [-0.05, 0) is 42.0 Å². The van der Waals surface area contributed by atoms with E-state index < -0.39 is 9.84 Å². The van der Waals surface area contributed by atoms with E-state index in [9.17, 15) is 13.2 Å². The normalized spacial score (nSPS) is 11.0. The van der Waals surface area contributed by atoms with Crippen molar-refractivity contribution in [2.24, 2.45) is 0 Å².